The van der Waals surface area contributed by atoms with Crippen molar-refractivity contribution >= 4 is 22.9 Å². The lowest BCUT2D eigenvalue weighted by molar-refractivity contribution is -0.377. The van der Waals surface area contributed by atoms with Crippen LogP contribution in [0, 0.1) is 0 Å². The molecule has 1 aromatic carbocycles. The third kappa shape index (κ3) is 3.24. The molecular weight excluding hydrogens is 274 g/mol. The van der Waals surface area contributed by atoms with Gasteiger partial charge in [-0.25, -0.2) is 9.78 Å². The van der Waals surface area contributed by atoms with Crippen LogP contribution >= 0.6 is 0 Å². The predicted octanol–water partition coefficient (Wildman–Crippen LogP) is 0.995. The lowest BCUT2D eigenvalue weighted by Gasteiger charge is -1.99. The molecule has 3 aromatic rings. The Kier molecular flexibility index (Phi) is 4.30. The Balaban J connectivity index is 0.000000225. The zero-order valence-corrected chi connectivity index (χ0v) is 10.8. The molecule has 0 radical (unpaired) electrons. The van der Waals surface area contributed by atoms with E-state index in [2.05, 4.69) is 4.98 Å². The Hall–Kier alpha value is -3.15. The van der Waals surface area contributed by atoms with Crippen LogP contribution in [0.4, 0.5) is 0 Å². The number of nitrogens with one attached hydrogen (secondary N) is 1. The molecule has 6 nitrogen and oxygen atoms in total. The van der Waals surface area contributed by atoms with Crippen molar-refractivity contribution in [1.82, 2.24) is 0 Å². The molecule has 0 unspecified atom stereocenters. The van der Waals surface area contributed by atoms with Gasteiger partial charge in [0.1, 0.15) is 5.58 Å². The predicted molar refractivity (Wildman–Crippen MR) is 70.5 cm³/mol. The number of carboxylic acid groups (broad SMARTS) is 2. The number of hydrogen-bond acceptors (Lipinski definition) is 4. The largest absolute Gasteiger partial charge is 0.545 e. The summed E-state index contributed by atoms with van der Waals surface area (Å²) < 4.78 is 4.90. The molecule has 0 amide bonds. The average Bonchev–Trinajstić information content (AvgIpc) is 2.89. The maximum atomic E-state index is 10.8. The first-order chi connectivity index (χ1) is 10.1. The third-order valence-corrected chi connectivity index (χ3v) is 2.60. The second-order valence-corrected chi connectivity index (χ2v) is 3.97. The lowest BCUT2D eigenvalue weighted by atomic mass is 10.1. The number of benzene rings is 1. The molecule has 0 aliphatic rings. The molecule has 106 valence electrons. The minimum atomic E-state index is -1.56. The molecular formula is C15H11NO5. The van der Waals surface area contributed by atoms with E-state index < -0.39 is 23.3 Å². The van der Waals surface area contributed by atoms with Gasteiger partial charge in [0.25, 0.3) is 0 Å². The number of hydrogen-bond donors (Lipinski definition) is 1. The maximum absolute atomic E-state index is 10.8. The molecule has 3 rings (SSSR count). The van der Waals surface area contributed by atoms with Crippen LogP contribution in [0.25, 0.3) is 11.0 Å². The van der Waals surface area contributed by atoms with Crippen molar-refractivity contribution in [1.29, 1.82) is 0 Å². The summed E-state index contributed by atoms with van der Waals surface area (Å²) in [6.07, 6.45) is 3.75. The quantitative estimate of drug-likeness (QED) is 0.756. The van der Waals surface area contributed by atoms with Crippen molar-refractivity contribution in [2.75, 3.05) is 0 Å². The molecule has 2 aromatic heterocycles. The van der Waals surface area contributed by atoms with Crippen molar-refractivity contribution in [3.8, 4) is 0 Å². The zero-order chi connectivity index (χ0) is 15.2. The first-order valence-corrected chi connectivity index (χ1v) is 5.98. The molecule has 0 saturated carbocycles. The molecule has 0 fully saturated rings. The van der Waals surface area contributed by atoms with E-state index in [-0.39, 0.29) is 11.0 Å². The maximum Gasteiger partial charge on any atom is 0.372 e. The molecule has 0 bridgehead atoms. The lowest BCUT2D eigenvalue weighted by Crippen LogP contribution is -2.24. The van der Waals surface area contributed by atoms with Crippen LogP contribution in [0.3, 0.4) is 0 Å². The minimum absolute atomic E-state index is 0.217. The van der Waals surface area contributed by atoms with Crippen LogP contribution in [-0.4, -0.2) is 17.0 Å². The summed E-state index contributed by atoms with van der Waals surface area (Å²) in [5.41, 5.74) is -0.202. The summed E-state index contributed by atoms with van der Waals surface area (Å²) in [4.78, 5) is 24.4. The molecule has 0 aliphatic carbocycles. The van der Waals surface area contributed by atoms with Gasteiger partial charge in [-0.05, 0) is 6.07 Å². The average molecular weight is 285 g/mol. The first kappa shape index (κ1) is 14.3. The summed E-state index contributed by atoms with van der Waals surface area (Å²) in [7, 11) is 0. The highest BCUT2D eigenvalue weighted by Gasteiger charge is 2.19. The van der Waals surface area contributed by atoms with Crippen LogP contribution in [-0.2, 0) is 0 Å². The Morgan fingerprint density at radius 1 is 1.05 bits per heavy atom. The van der Waals surface area contributed by atoms with Crippen LogP contribution in [0.2, 0.25) is 0 Å². The highest BCUT2D eigenvalue weighted by molar-refractivity contribution is 6.09. The number of pyridine rings is 1. The van der Waals surface area contributed by atoms with E-state index in [1.165, 1.54) is 12.1 Å². The van der Waals surface area contributed by atoms with E-state index in [1.807, 2.05) is 30.6 Å². The monoisotopic (exact) mass is 285 g/mol. The molecule has 0 atom stereocenters. The number of aromatic nitrogens is 1. The van der Waals surface area contributed by atoms with Crippen molar-refractivity contribution in [3.63, 3.8) is 0 Å². The van der Waals surface area contributed by atoms with Gasteiger partial charge in [0, 0.05) is 17.5 Å². The van der Waals surface area contributed by atoms with Gasteiger partial charge in [0.2, 0.25) is 5.76 Å². The van der Waals surface area contributed by atoms with Crippen LogP contribution < -0.4 is 10.1 Å². The molecule has 0 saturated heterocycles. The molecule has 0 spiro atoms. The number of H-pyrrole nitrogens is 1. The fourth-order valence-electron chi connectivity index (χ4n) is 1.74. The van der Waals surface area contributed by atoms with Gasteiger partial charge in [0.05, 0.1) is 11.5 Å². The molecule has 21 heavy (non-hydrogen) atoms. The summed E-state index contributed by atoms with van der Waals surface area (Å²) in [5.74, 6) is -3.58. The van der Waals surface area contributed by atoms with Crippen molar-refractivity contribution < 1.29 is 29.2 Å². The van der Waals surface area contributed by atoms with Crippen molar-refractivity contribution in [3.05, 3.63) is 66.2 Å². The van der Waals surface area contributed by atoms with Gasteiger partial charge in [-0.2, -0.15) is 0 Å². The van der Waals surface area contributed by atoms with Gasteiger partial charge >= 0.3 is 5.97 Å². The fourth-order valence-corrected chi connectivity index (χ4v) is 1.74. The van der Waals surface area contributed by atoms with E-state index in [4.69, 9.17) is 9.52 Å². The Bertz CT molecular complexity index is 737. The summed E-state index contributed by atoms with van der Waals surface area (Å²) in [5, 5.41) is 19.7. The Morgan fingerprint density at radius 2 is 1.71 bits per heavy atom. The summed E-state index contributed by atoms with van der Waals surface area (Å²) in [6, 6.07) is 12.0. The van der Waals surface area contributed by atoms with Gasteiger partial charge in [0.15, 0.2) is 12.4 Å². The second-order valence-electron chi connectivity index (χ2n) is 3.97. The van der Waals surface area contributed by atoms with Gasteiger partial charge in [-0.3, -0.25) is 0 Å². The Morgan fingerprint density at radius 3 is 2.19 bits per heavy atom. The highest BCUT2D eigenvalue weighted by Crippen LogP contribution is 2.25. The van der Waals surface area contributed by atoms with Gasteiger partial charge < -0.3 is 19.4 Å². The van der Waals surface area contributed by atoms with Crippen LogP contribution in [0.1, 0.15) is 20.9 Å². The summed E-state index contributed by atoms with van der Waals surface area (Å²) in [6.45, 7) is 0. The highest BCUT2D eigenvalue weighted by atomic mass is 16.4. The SMILES string of the molecule is O=C(O)c1oc2ccccc2c1C(=O)[O-].c1cc[nH+]cc1. The number of aromatic carboxylic acids is 2. The van der Waals surface area contributed by atoms with E-state index >= 15 is 0 Å². The van der Waals surface area contributed by atoms with E-state index in [0.29, 0.717) is 0 Å². The number of para-hydroxylation sites is 1. The van der Waals surface area contributed by atoms with E-state index in [9.17, 15) is 14.7 Å². The van der Waals surface area contributed by atoms with Gasteiger partial charge in [-0.15, -0.1) is 0 Å². The number of carbonyl (C=O) groups excluding carboxylic acids is 1. The second kappa shape index (κ2) is 6.33. The van der Waals surface area contributed by atoms with E-state index in [1.54, 1.807) is 12.1 Å². The third-order valence-electron chi connectivity index (χ3n) is 2.60. The smallest absolute Gasteiger partial charge is 0.372 e. The number of fused-ring (bicyclic) bond motifs is 1. The van der Waals surface area contributed by atoms with Crippen LogP contribution in [0.15, 0.2) is 59.3 Å². The molecule has 0 aliphatic heterocycles. The fraction of sp³-hybridized carbons (Fsp3) is 0. The summed E-state index contributed by atoms with van der Waals surface area (Å²) >= 11 is 0. The van der Waals surface area contributed by atoms with Crippen LogP contribution in [0.5, 0.6) is 0 Å². The number of carboxylic acids is 2. The molecule has 2 N–H and O–H groups in total. The molecule has 6 heteroatoms. The molecule has 2 heterocycles. The number of furan rings is 1. The number of rotatable bonds is 2. The standard InChI is InChI=1S/C10H6O5.C5H5N/c11-9(12)7-5-3-1-2-4-6(5)15-8(7)10(13)14;1-2-4-6-5-3-1/h1-4H,(H,11,12)(H,13,14);1-5H. The zero-order valence-electron chi connectivity index (χ0n) is 10.8. The number of carbonyl (C=O) groups is 2. The Labute approximate surface area is 119 Å². The minimum Gasteiger partial charge on any atom is -0.545 e. The number of aromatic amines is 1. The van der Waals surface area contributed by atoms with Gasteiger partial charge in [-0.1, -0.05) is 24.3 Å². The van der Waals surface area contributed by atoms with E-state index in [0.717, 1.165) is 0 Å². The van der Waals surface area contributed by atoms with Crippen molar-refractivity contribution in [2.45, 2.75) is 0 Å². The normalized spacial score (nSPS) is 9.71. The topological polar surface area (TPSA) is 105 Å². The first-order valence-electron chi connectivity index (χ1n) is 5.98. The van der Waals surface area contributed by atoms with Crippen molar-refractivity contribution in [2.24, 2.45) is 0 Å².